The molecule has 0 bridgehead atoms. The summed E-state index contributed by atoms with van der Waals surface area (Å²) in [7, 11) is 3.16. The minimum absolute atomic E-state index is 0.371. The third-order valence-corrected chi connectivity index (χ3v) is 2.83. The van der Waals surface area contributed by atoms with Crippen LogP contribution in [-0.2, 0) is 9.47 Å². The second-order valence-electron chi connectivity index (χ2n) is 3.84. The van der Waals surface area contributed by atoms with E-state index in [0.717, 1.165) is 11.1 Å². The van der Waals surface area contributed by atoms with Gasteiger partial charge in [0.2, 0.25) is 0 Å². The molecule has 1 aromatic carbocycles. The van der Waals surface area contributed by atoms with E-state index in [1.54, 1.807) is 20.3 Å². The maximum atomic E-state index is 8.94. The van der Waals surface area contributed by atoms with Gasteiger partial charge >= 0.3 is 5.71 Å². The first-order valence-corrected chi connectivity index (χ1v) is 5.58. The van der Waals surface area contributed by atoms with Crippen molar-refractivity contribution in [3.63, 3.8) is 0 Å². The fraction of sp³-hybridized carbons (Fsp3) is 0.214. The predicted molar refractivity (Wildman–Crippen MR) is 68.9 cm³/mol. The van der Waals surface area contributed by atoms with Crippen molar-refractivity contribution >= 4 is 11.3 Å². The summed E-state index contributed by atoms with van der Waals surface area (Å²) in [5, 5.41) is 0. The molecule has 0 spiro atoms. The molecule has 0 radical (unpaired) electrons. The second kappa shape index (κ2) is 5.45. The van der Waals surface area contributed by atoms with E-state index in [9.17, 15) is 0 Å². The monoisotopic (exact) mass is 242 g/mol. The lowest BCUT2D eigenvalue weighted by molar-refractivity contribution is -0.0187. The Morgan fingerprint density at radius 1 is 1.17 bits per heavy atom. The highest BCUT2D eigenvalue weighted by Crippen LogP contribution is 2.28. The SMILES string of the molecule is COC1=CC(=[N+]=[N-])C(OC)C=C1c1ccccc1. The van der Waals surface area contributed by atoms with Crippen molar-refractivity contribution in [3.8, 4) is 0 Å². The molecule has 1 aliphatic carbocycles. The zero-order valence-electron chi connectivity index (χ0n) is 10.3. The van der Waals surface area contributed by atoms with Gasteiger partial charge in [-0.15, -0.1) is 0 Å². The first-order valence-electron chi connectivity index (χ1n) is 5.58. The van der Waals surface area contributed by atoms with Gasteiger partial charge in [-0.1, -0.05) is 30.3 Å². The lowest BCUT2D eigenvalue weighted by Crippen LogP contribution is -2.24. The largest absolute Gasteiger partial charge is 0.496 e. The van der Waals surface area contributed by atoms with Crippen molar-refractivity contribution in [2.24, 2.45) is 0 Å². The fourth-order valence-electron chi connectivity index (χ4n) is 1.91. The topological polar surface area (TPSA) is 54.9 Å². The Balaban J connectivity index is 2.49. The lowest BCUT2D eigenvalue weighted by Gasteiger charge is -2.17. The maximum absolute atomic E-state index is 8.94. The highest BCUT2D eigenvalue weighted by Gasteiger charge is 2.27. The molecule has 0 fully saturated rings. The van der Waals surface area contributed by atoms with Crippen LogP contribution in [0.15, 0.2) is 48.2 Å². The fourth-order valence-corrected chi connectivity index (χ4v) is 1.91. The van der Waals surface area contributed by atoms with Crippen LogP contribution in [0.25, 0.3) is 11.1 Å². The van der Waals surface area contributed by atoms with E-state index in [-0.39, 0.29) is 6.10 Å². The Kier molecular flexibility index (Phi) is 3.72. The number of benzene rings is 1. The smallest absolute Gasteiger partial charge is 0.328 e. The number of hydrogen-bond acceptors (Lipinski definition) is 2. The molecule has 4 nitrogen and oxygen atoms in total. The Morgan fingerprint density at radius 2 is 1.89 bits per heavy atom. The highest BCUT2D eigenvalue weighted by molar-refractivity contribution is 6.03. The number of rotatable bonds is 3. The van der Waals surface area contributed by atoms with Gasteiger partial charge in [0.05, 0.1) is 13.2 Å². The molecule has 0 aliphatic heterocycles. The number of allylic oxidation sites excluding steroid dienone is 1. The summed E-state index contributed by atoms with van der Waals surface area (Å²) in [6.07, 6.45) is 3.18. The van der Waals surface area contributed by atoms with Gasteiger partial charge in [-0.05, 0) is 11.6 Å². The van der Waals surface area contributed by atoms with E-state index in [2.05, 4.69) is 4.79 Å². The molecular formula is C14H14N2O2. The average Bonchev–Trinajstić information content (AvgIpc) is 2.46. The van der Waals surface area contributed by atoms with E-state index < -0.39 is 0 Å². The average molecular weight is 242 g/mol. The Hall–Kier alpha value is -2.16. The van der Waals surface area contributed by atoms with E-state index in [4.69, 9.17) is 15.0 Å². The molecule has 2 rings (SSSR count). The molecule has 0 N–H and O–H groups in total. The summed E-state index contributed by atoms with van der Waals surface area (Å²) in [5.41, 5.74) is 11.3. The van der Waals surface area contributed by atoms with Crippen LogP contribution in [0.2, 0.25) is 0 Å². The van der Waals surface area contributed by atoms with Gasteiger partial charge in [0.25, 0.3) is 0 Å². The molecule has 0 saturated carbocycles. The first kappa shape index (κ1) is 12.3. The van der Waals surface area contributed by atoms with Crippen LogP contribution in [0.5, 0.6) is 0 Å². The van der Waals surface area contributed by atoms with Gasteiger partial charge in [-0.25, -0.2) is 0 Å². The molecular weight excluding hydrogens is 228 g/mol. The quantitative estimate of drug-likeness (QED) is 0.603. The molecule has 4 heteroatoms. The normalized spacial score (nSPS) is 18.8. The minimum Gasteiger partial charge on any atom is -0.496 e. The number of ether oxygens (including phenoxy) is 2. The first-order chi connectivity index (χ1) is 8.80. The van der Waals surface area contributed by atoms with Crippen molar-refractivity contribution in [1.82, 2.24) is 0 Å². The van der Waals surface area contributed by atoms with E-state index in [1.807, 2.05) is 36.4 Å². The number of hydrogen-bond donors (Lipinski definition) is 0. The van der Waals surface area contributed by atoms with Crippen LogP contribution in [0, 0.1) is 0 Å². The molecule has 18 heavy (non-hydrogen) atoms. The van der Waals surface area contributed by atoms with Gasteiger partial charge in [0.15, 0.2) is 6.10 Å². The van der Waals surface area contributed by atoms with Gasteiger partial charge in [-0.2, -0.15) is 4.79 Å². The minimum atomic E-state index is -0.371. The molecule has 1 atom stereocenters. The summed E-state index contributed by atoms with van der Waals surface area (Å²) in [5.74, 6) is 0.655. The van der Waals surface area contributed by atoms with Gasteiger partial charge in [0.1, 0.15) is 5.76 Å². The Labute approximate surface area is 106 Å². The zero-order valence-corrected chi connectivity index (χ0v) is 10.3. The van der Waals surface area contributed by atoms with E-state index >= 15 is 0 Å². The summed E-state index contributed by atoms with van der Waals surface area (Å²) in [6, 6.07) is 9.86. The molecule has 92 valence electrons. The molecule has 1 unspecified atom stereocenters. The van der Waals surface area contributed by atoms with Crippen molar-refractivity contribution in [2.75, 3.05) is 14.2 Å². The molecule has 0 amide bonds. The Bertz CT molecular complexity index is 540. The predicted octanol–water partition coefficient (Wildman–Crippen LogP) is 2.30. The molecule has 1 aliphatic rings. The van der Waals surface area contributed by atoms with Gasteiger partial charge in [-0.3, -0.25) is 0 Å². The van der Waals surface area contributed by atoms with Crippen LogP contribution >= 0.6 is 0 Å². The third kappa shape index (κ3) is 2.25. The third-order valence-electron chi connectivity index (χ3n) is 2.83. The zero-order chi connectivity index (χ0) is 13.0. The molecule has 0 aromatic heterocycles. The molecule has 0 saturated heterocycles. The van der Waals surface area contributed by atoms with Crippen LogP contribution in [-0.4, -0.2) is 30.8 Å². The van der Waals surface area contributed by atoms with Crippen molar-refractivity contribution in [2.45, 2.75) is 6.10 Å². The Morgan fingerprint density at radius 3 is 2.44 bits per heavy atom. The van der Waals surface area contributed by atoms with Crippen LogP contribution in [0.3, 0.4) is 0 Å². The summed E-state index contributed by atoms with van der Waals surface area (Å²) >= 11 is 0. The molecule has 0 heterocycles. The number of nitrogens with zero attached hydrogens (tertiary/aromatic N) is 2. The summed E-state index contributed by atoms with van der Waals surface area (Å²) in [4.78, 5) is 3.22. The van der Waals surface area contributed by atoms with E-state index in [1.165, 1.54) is 0 Å². The molecule has 1 aromatic rings. The van der Waals surface area contributed by atoms with Crippen LogP contribution in [0.4, 0.5) is 0 Å². The van der Waals surface area contributed by atoms with Crippen molar-refractivity contribution < 1.29 is 14.3 Å². The van der Waals surface area contributed by atoms with Crippen LogP contribution < -0.4 is 0 Å². The van der Waals surface area contributed by atoms with Crippen molar-refractivity contribution in [3.05, 3.63) is 59.3 Å². The van der Waals surface area contributed by atoms with Crippen molar-refractivity contribution in [1.29, 1.82) is 0 Å². The highest BCUT2D eigenvalue weighted by atomic mass is 16.5. The van der Waals surface area contributed by atoms with Gasteiger partial charge in [0, 0.05) is 12.7 Å². The summed E-state index contributed by atoms with van der Waals surface area (Å²) in [6.45, 7) is 0. The maximum Gasteiger partial charge on any atom is 0.328 e. The summed E-state index contributed by atoms with van der Waals surface area (Å²) < 4.78 is 10.6. The second-order valence-corrected chi connectivity index (χ2v) is 3.84. The van der Waals surface area contributed by atoms with E-state index in [0.29, 0.717) is 11.5 Å². The van der Waals surface area contributed by atoms with Gasteiger partial charge < -0.3 is 15.0 Å². The van der Waals surface area contributed by atoms with Crippen LogP contribution in [0.1, 0.15) is 5.56 Å². The number of methoxy groups -OCH3 is 2. The lowest BCUT2D eigenvalue weighted by atomic mass is 9.95. The standard InChI is InChI=1S/C14H14N2O2/c1-17-13-9-12(16-15)14(18-2)8-11(13)10-6-4-3-5-7-10/h3-9,14H,1-2H3.